The Hall–Kier alpha value is -1.13. The minimum atomic E-state index is -0.0661. The highest BCUT2D eigenvalue weighted by molar-refractivity contribution is 7.09. The van der Waals surface area contributed by atoms with Crippen LogP contribution in [0.3, 0.4) is 0 Å². The Morgan fingerprint density at radius 1 is 1.50 bits per heavy atom. The molecule has 3 nitrogen and oxygen atoms in total. The second-order valence-electron chi connectivity index (χ2n) is 5.08. The molecule has 0 radical (unpaired) electrons. The van der Waals surface area contributed by atoms with Crippen molar-refractivity contribution in [3.63, 3.8) is 0 Å². The molecule has 0 aromatic carbocycles. The summed E-state index contributed by atoms with van der Waals surface area (Å²) < 4.78 is 4.91. The van der Waals surface area contributed by atoms with Gasteiger partial charge in [0.05, 0.1) is 23.9 Å². The molecule has 0 aliphatic rings. The van der Waals surface area contributed by atoms with Crippen LogP contribution in [-0.2, 0) is 11.8 Å². The van der Waals surface area contributed by atoms with Gasteiger partial charge < -0.3 is 4.42 Å². The van der Waals surface area contributed by atoms with Gasteiger partial charge in [0.25, 0.3) is 0 Å². The molecule has 0 bridgehead atoms. The normalized spacial score (nSPS) is 11.8. The molecular formula is C13H14ClNO2S. The van der Waals surface area contributed by atoms with Gasteiger partial charge in [0.15, 0.2) is 5.78 Å². The molecule has 0 saturated carbocycles. The van der Waals surface area contributed by atoms with Gasteiger partial charge in [-0.25, -0.2) is 4.98 Å². The molecule has 5 heteroatoms. The van der Waals surface area contributed by atoms with Gasteiger partial charge in [-0.15, -0.1) is 11.3 Å². The minimum Gasteiger partial charge on any atom is -0.452 e. The number of hydrogen-bond donors (Lipinski definition) is 0. The first-order valence-electron chi connectivity index (χ1n) is 5.59. The molecule has 0 unspecified atom stereocenters. The van der Waals surface area contributed by atoms with E-state index < -0.39 is 0 Å². The zero-order chi connectivity index (χ0) is 13.3. The van der Waals surface area contributed by atoms with Gasteiger partial charge in [-0.2, -0.15) is 0 Å². The summed E-state index contributed by atoms with van der Waals surface area (Å²) in [7, 11) is 0. The third-order valence-electron chi connectivity index (χ3n) is 2.55. The van der Waals surface area contributed by atoms with Crippen LogP contribution in [0.2, 0.25) is 5.22 Å². The highest BCUT2D eigenvalue weighted by Gasteiger charge is 2.20. The van der Waals surface area contributed by atoms with Crippen molar-refractivity contribution in [3.05, 3.63) is 39.2 Å². The lowest BCUT2D eigenvalue weighted by atomic mass is 9.93. The van der Waals surface area contributed by atoms with Gasteiger partial charge in [0.1, 0.15) is 5.01 Å². The highest BCUT2D eigenvalue weighted by atomic mass is 35.5. The Bertz CT molecular complexity index is 566. The van der Waals surface area contributed by atoms with Gasteiger partial charge in [-0.05, 0) is 17.7 Å². The van der Waals surface area contributed by atoms with E-state index in [-0.39, 0.29) is 22.8 Å². The second kappa shape index (κ2) is 4.86. The first-order chi connectivity index (χ1) is 8.38. The van der Waals surface area contributed by atoms with Crippen molar-refractivity contribution in [3.8, 4) is 0 Å². The maximum Gasteiger partial charge on any atom is 0.203 e. The van der Waals surface area contributed by atoms with Crippen LogP contribution in [0.25, 0.3) is 0 Å². The predicted molar refractivity (Wildman–Crippen MR) is 72.6 cm³/mol. The molecule has 0 saturated heterocycles. The molecule has 0 atom stereocenters. The summed E-state index contributed by atoms with van der Waals surface area (Å²) in [6.45, 7) is 6.29. The standard InChI is InChI=1S/C13H14ClNO2S/c1-13(2,3)10-7-18-11(15-10)6-9(16)8-4-5-17-12(8)14/h4-5,7H,6H2,1-3H3. The summed E-state index contributed by atoms with van der Waals surface area (Å²) in [5.74, 6) is -0.0661. The van der Waals surface area contributed by atoms with E-state index in [9.17, 15) is 4.79 Å². The number of carbonyl (C=O) groups is 1. The minimum absolute atomic E-state index is 0.00504. The number of ketones is 1. The highest BCUT2D eigenvalue weighted by Crippen LogP contribution is 2.25. The molecule has 0 fully saturated rings. The average molecular weight is 284 g/mol. The molecule has 2 heterocycles. The van der Waals surface area contributed by atoms with Crippen LogP contribution in [0.5, 0.6) is 0 Å². The molecule has 0 aliphatic carbocycles. The van der Waals surface area contributed by atoms with Crippen molar-refractivity contribution in [1.82, 2.24) is 4.98 Å². The van der Waals surface area contributed by atoms with Gasteiger partial charge in [0, 0.05) is 10.8 Å². The van der Waals surface area contributed by atoms with Crippen LogP contribution in [0, 0.1) is 0 Å². The lowest BCUT2D eigenvalue weighted by Crippen LogP contribution is -2.12. The summed E-state index contributed by atoms with van der Waals surface area (Å²) in [4.78, 5) is 16.5. The molecule has 0 spiro atoms. The summed E-state index contributed by atoms with van der Waals surface area (Å²) >= 11 is 7.28. The van der Waals surface area contributed by atoms with Crippen molar-refractivity contribution in [2.24, 2.45) is 0 Å². The van der Waals surface area contributed by atoms with Crippen molar-refractivity contribution >= 4 is 28.7 Å². The fourth-order valence-corrected chi connectivity index (χ4v) is 2.70. The summed E-state index contributed by atoms with van der Waals surface area (Å²) in [5.41, 5.74) is 1.43. The van der Waals surface area contributed by atoms with Crippen molar-refractivity contribution < 1.29 is 9.21 Å². The third kappa shape index (κ3) is 2.82. The number of Topliss-reactive ketones (excluding diaryl/α,β-unsaturated/α-hetero) is 1. The quantitative estimate of drug-likeness (QED) is 0.796. The molecule has 96 valence electrons. The average Bonchev–Trinajstić information content (AvgIpc) is 2.85. The zero-order valence-electron chi connectivity index (χ0n) is 10.5. The Kier molecular flexibility index (Phi) is 3.59. The van der Waals surface area contributed by atoms with E-state index in [0.29, 0.717) is 5.56 Å². The Balaban J connectivity index is 2.13. The smallest absolute Gasteiger partial charge is 0.203 e. The molecule has 18 heavy (non-hydrogen) atoms. The number of nitrogens with zero attached hydrogens (tertiary/aromatic N) is 1. The Labute approximate surface area is 115 Å². The lowest BCUT2D eigenvalue weighted by Gasteiger charge is -2.14. The second-order valence-corrected chi connectivity index (χ2v) is 6.37. The van der Waals surface area contributed by atoms with Crippen molar-refractivity contribution in [1.29, 1.82) is 0 Å². The first-order valence-corrected chi connectivity index (χ1v) is 6.85. The fourth-order valence-electron chi connectivity index (χ4n) is 1.46. The van der Waals surface area contributed by atoms with E-state index in [1.165, 1.54) is 17.6 Å². The number of aromatic nitrogens is 1. The van der Waals surface area contributed by atoms with Gasteiger partial charge in [-0.3, -0.25) is 4.79 Å². The molecule has 0 aliphatic heterocycles. The van der Waals surface area contributed by atoms with E-state index in [0.717, 1.165) is 10.7 Å². The SMILES string of the molecule is CC(C)(C)c1csc(CC(=O)c2ccoc2Cl)n1. The lowest BCUT2D eigenvalue weighted by molar-refractivity contribution is 0.0992. The van der Waals surface area contributed by atoms with Crippen molar-refractivity contribution in [2.45, 2.75) is 32.6 Å². The van der Waals surface area contributed by atoms with Crippen LogP contribution in [-0.4, -0.2) is 10.8 Å². The molecule has 2 aromatic rings. The van der Waals surface area contributed by atoms with Crippen LogP contribution in [0.1, 0.15) is 41.8 Å². The first kappa shape index (κ1) is 13.3. The Morgan fingerprint density at radius 2 is 2.22 bits per heavy atom. The summed E-state index contributed by atoms with van der Waals surface area (Å²) in [6, 6.07) is 1.59. The van der Waals surface area contributed by atoms with Crippen LogP contribution in [0.15, 0.2) is 22.1 Å². The zero-order valence-corrected chi connectivity index (χ0v) is 12.1. The van der Waals surface area contributed by atoms with E-state index in [1.54, 1.807) is 6.07 Å². The molecule has 2 rings (SSSR count). The number of rotatable bonds is 3. The van der Waals surface area contributed by atoms with Gasteiger partial charge in [-0.1, -0.05) is 20.8 Å². The maximum atomic E-state index is 12.0. The van der Waals surface area contributed by atoms with Crippen LogP contribution in [0.4, 0.5) is 0 Å². The van der Waals surface area contributed by atoms with E-state index in [1.807, 2.05) is 5.38 Å². The molecule has 0 amide bonds. The van der Waals surface area contributed by atoms with Crippen LogP contribution >= 0.6 is 22.9 Å². The number of hydrogen-bond acceptors (Lipinski definition) is 4. The number of furan rings is 1. The Morgan fingerprint density at radius 3 is 2.72 bits per heavy atom. The van der Waals surface area contributed by atoms with E-state index in [2.05, 4.69) is 25.8 Å². The van der Waals surface area contributed by atoms with Gasteiger partial charge >= 0.3 is 0 Å². The molecule has 2 aromatic heterocycles. The summed E-state index contributed by atoms with van der Waals surface area (Å²) in [5, 5.41) is 2.95. The van der Waals surface area contributed by atoms with Crippen LogP contribution < -0.4 is 0 Å². The number of carbonyl (C=O) groups excluding carboxylic acids is 1. The maximum absolute atomic E-state index is 12.0. The molecular weight excluding hydrogens is 270 g/mol. The predicted octanol–water partition coefficient (Wildman–Crippen LogP) is 4.11. The summed E-state index contributed by atoms with van der Waals surface area (Å²) in [6.07, 6.45) is 1.68. The topological polar surface area (TPSA) is 43.1 Å². The monoisotopic (exact) mass is 283 g/mol. The fraction of sp³-hybridized carbons (Fsp3) is 0.385. The number of halogens is 1. The molecule has 0 N–H and O–H groups in total. The van der Waals surface area contributed by atoms with E-state index in [4.69, 9.17) is 16.0 Å². The van der Waals surface area contributed by atoms with Crippen molar-refractivity contribution in [2.75, 3.05) is 0 Å². The van der Waals surface area contributed by atoms with Gasteiger partial charge in [0.2, 0.25) is 5.22 Å². The number of thiazole rings is 1. The largest absolute Gasteiger partial charge is 0.452 e. The van der Waals surface area contributed by atoms with E-state index >= 15 is 0 Å². The third-order valence-corrected chi connectivity index (χ3v) is 3.69.